The highest BCUT2D eigenvalue weighted by atomic mass is 35.5. The number of nitrogens with one attached hydrogen (secondary N) is 2. The van der Waals surface area contributed by atoms with Gasteiger partial charge in [0.05, 0.1) is 5.02 Å². The van der Waals surface area contributed by atoms with Crippen LogP contribution in [0.25, 0.3) is 0 Å². The summed E-state index contributed by atoms with van der Waals surface area (Å²) in [7, 11) is -3.51. The van der Waals surface area contributed by atoms with Crippen molar-refractivity contribution in [1.82, 2.24) is 10.0 Å². The number of halogens is 1. The fraction of sp³-hybridized carbons (Fsp3) is 0.538. The minimum Gasteiger partial charge on any atom is -0.314 e. The van der Waals surface area contributed by atoms with Crippen molar-refractivity contribution in [1.29, 1.82) is 0 Å². The van der Waals surface area contributed by atoms with Crippen molar-refractivity contribution in [3.05, 3.63) is 28.8 Å². The molecule has 0 aromatic heterocycles. The molecular weight excluding hydrogens is 284 g/mol. The van der Waals surface area contributed by atoms with Gasteiger partial charge in [-0.25, -0.2) is 13.1 Å². The van der Waals surface area contributed by atoms with Gasteiger partial charge in [0.15, 0.2) is 0 Å². The molecule has 19 heavy (non-hydrogen) atoms. The summed E-state index contributed by atoms with van der Waals surface area (Å²) in [6.45, 7) is 3.34. The van der Waals surface area contributed by atoms with Crippen LogP contribution in [0.2, 0.25) is 5.02 Å². The summed E-state index contributed by atoms with van der Waals surface area (Å²) in [5.74, 6) is 0. The van der Waals surface area contributed by atoms with E-state index in [9.17, 15) is 8.42 Å². The van der Waals surface area contributed by atoms with Crippen LogP contribution < -0.4 is 10.0 Å². The molecule has 0 amide bonds. The van der Waals surface area contributed by atoms with Crippen LogP contribution in [0.5, 0.6) is 0 Å². The smallest absolute Gasteiger partial charge is 0.242 e. The van der Waals surface area contributed by atoms with Gasteiger partial charge in [-0.2, -0.15) is 0 Å². The summed E-state index contributed by atoms with van der Waals surface area (Å²) in [5.41, 5.74) is 0.944. The Hall–Kier alpha value is -0.620. The second-order valence-electron chi connectivity index (χ2n) is 4.91. The SMILES string of the molecule is Cc1ccc(S(=O)(=O)NCC[C@@H]2CCCN2)c(Cl)c1. The lowest BCUT2D eigenvalue weighted by Gasteiger charge is -2.12. The third kappa shape index (κ3) is 3.92. The predicted octanol–water partition coefficient (Wildman–Crippen LogP) is 2.07. The molecule has 1 atom stereocenters. The van der Waals surface area contributed by atoms with E-state index in [4.69, 9.17) is 11.6 Å². The monoisotopic (exact) mass is 302 g/mol. The molecule has 2 rings (SSSR count). The van der Waals surface area contributed by atoms with Gasteiger partial charge in [0, 0.05) is 12.6 Å². The zero-order valence-electron chi connectivity index (χ0n) is 10.9. The maximum atomic E-state index is 12.1. The molecular formula is C13H19ClN2O2S. The Labute approximate surface area is 119 Å². The zero-order chi connectivity index (χ0) is 13.9. The van der Waals surface area contributed by atoms with E-state index in [0.717, 1.165) is 24.9 Å². The van der Waals surface area contributed by atoms with Gasteiger partial charge >= 0.3 is 0 Å². The van der Waals surface area contributed by atoms with Gasteiger partial charge in [-0.05, 0) is 50.4 Å². The first-order valence-electron chi connectivity index (χ1n) is 6.48. The molecule has 2 N–H and O–H groups in total. The first kappa shape index (κ1) is 14.8. The molecule has 1 aliphatic rings. The van der Waals surface area contributed by atoms with Crippen molar-refractivity contribution >= 4 is 21.6 Å². The van der Waals surface area contributed by atoms with E-state index >= 15 is 0 Å². The Morgan fingerprint density at radius 2 is 2.26 bits per heavy atom. The summed E-state index contributed by atoms with van der Waals surface area (Å²) in [6.07, 6.45) is 3.09. The molecule has 4 nitrogen and oxygen atoms in total. The highest BCUT2D eigenvalue weighted by Crippen LogP contribution is 2.22. The largest absolute Gasteiger partial charge is 0.314 e. The maximum Gasteiger partial charge on any atom is 0.242 e. The second-order valence-corrected chi connectivity index (χ2v) is 7.06. The lowest BCUT2D eigenvalue weighted by atomic mass is 10.2. The quantitative estimate of drug-likeness (QED) is 0.875. The lowest BCUT2D eigenvalue weighted by molar-refractivity contribution is 0.539. The second kappa shape index (κ2) is 6.22. The molecule has 0 spiro atoms. The fourth-order valence-corrected chi connectivity index (χ4v) is 3.92. The molecule has 6 heteroatoms. The van der Waals surface area contributed by atoms with E-state index < -0.39 is 10.0 Å². The van der Waals surface area contributed by atoms with E-state index in [1.807, 2.05) is 6.92 Å². The van der Waals surface area contributed by atoms with Gasteiger partial charge in [0.25, 0.3) is 0 Å². The summed E-state index contributed by atoms with van der Waals surface area (Å²) in [4.78, 5) is 0.152. The molecule has 106 valence electrons. The van der Waals surface area contributed by atoms with Crippen molar-refractivity contribution in [2.75, 3.05) is 13.1 Å². The van der Waals surface area contributed by atoms with Gasteiger partial charge in [-0.1, -0.05) is 17.7 Å². The summed E-state index contributed by atoms with van der Waals surface area (Å²) < 4.78 is 26.9. The average molecular weight is 303 g/mol. The van der Waals surface area contributed by atoms with Gasteiger partial charge in [0.1, 0.15) is 4.90 Å². The van der Waals surface area contributed by atoms with Crippen molar-refractivity contribution in [3.63, 3.8) is 0 Å². The Morgan fingerprint density at radius 1 is 1.47 bits per heavy atom. The van der Waals surface area contributed by atoms with Crippen LogP contribution in [0.1, 0.15) is 24.8 Å². The number of sulfonamides is 1. The van der Waals surface area contributed by atoms with Crippen LogP contribution in [-0.2, 0) is 10.0 Å². The molecule has 0 radical (unpaired) electrons. The first-order chi connectivity index (χ1) is 8.99. The normalized spacial score (nSPS) is 19.8. The highest BCUT2D eigenvalue weighted by molar-refractivity contribution is 7.89. The van der Waals surface area contributed by atoms with Crippen molar-refractivity contribution in [2.45, 2.75) is 37.1 Å². The Balaban J connectivity index is 1.97. The van der Waals surface area contributed by atoms with Crippen LogP contribution in [0.3, 0.4) is 0 Å². The summed E-state index contributed by atoms with van der Waals surface area (Å²) >= 11 is 5.99. The van der Waals surface area contributed by atoms with Crippen molar-refractivity contribution < 1.29 is 8.42 Å². The van der Waals surface area contributed by atoms with Crippen LogP contribution in [0.4, 0.5) is 0 Å². The fourth-order valence-electron chi connectivity index (χ4n) is 2.27. The topological polar surface area (TPSA) is 58.2 Å². The predicted molar refractivity (Wildman–Crippen MR) is 77.0 cm³/mol. The molecule has 1 aromatic rings. The minimum absolute atomic E-state index is 0.152. The van der Waals surface area contributed by atoms with Crippen LogP contribution in [0.15, 0.2) is 23.1 Å². The van der Waals surface area contributed by atoms with Crippen LogP contribution in [-0.4, -0.2) is 27.5 Å². The Bertz CT molecular complexity index is 540. The lowest BCUT2D eigenvalue weighted by Crippen LogP contribution is -2.30. The van der Waals surface area contributed by atoms with Gasteiger partial charge in [0.2, 0.25) is 10.0 Å². The molecule has 0 saturated carbocycles. The molecule has 0 bridgehead atoms. The van der Waals surface area contributed by atoms with E-state index in [1.165, 1.54) is 6.42 Å². The van der Waals surface area contributed by atoms with Gasteiger partial charge in [-0.3, -0.25) is 0 Å². The highest BCUT2D eigenvalue weighted by Gasteiger charge is 2.19. The Morgan fingerprint density at radius 3 is 2.89 bits per heavy atom. The summed E-state index contributed by atoms with van der Waals surface area (Å²) in [5, 5.41) is 3.61. The third-order valence-electron chi connectivity index (χ3n) is 3.32. The van der Waals surface area contributed by atoms with Gasteiger partial charge < -0.3 is 5.32 Å². The molecule has 0 unspecified atom stereocenters. The van der Waals surface area contributed by atoms with Gasteiger partial charge in [-0.15, -0.1) is 0 Å². The molecule has 0 aliphatic carbocycles. The first-order valence-corrected chi connectivity index (χ1v) is 8.34. The number of aryl methyl sites for hydroxylation is 1. The summed E-state index contributed by atoms with van der Waals surface area (Å²) in [6, 6.07) is 5.39. The number of benzene rings is 1. The third-order valence-corrected chi connectivity index (χ3v) is 5.27. The number of rotatable bonds is 5. The van der Waals surface area contributed by atoms with Crippen molar-refractivity contribution in [2.24, 2.45) is 0 Å². The molecule has 1 saturated heterocycles. The van der Waals surface area contributed by atoms with E-state index in [2.05, 4.69) is 10.0 Å². The molecule has 1 aromatic carbocycles. The maximum absolute atomic E-state index is 12.1. The van der Waals surface area contributed by atoms with Crippen LogP contribution in [0, 0.1) is 6.92 Å². The van der Waals surface area contributed by atoms with E-state index in [1.54, 1.807) is 18.2 Å². The van der Waals surface area contributed by atoms with E-state index in [0.29, 0.717) is 12.6 Å². The van der Waals surface area contributed by atoms with E-state index in [-0.39, 0.29) is 9.92 Å². The zero-order valence-corrected chi connectivity index (χ0v) is 12.5. The van der Waals surface area contributed by atoms with Crippen LogP contribution >= 0.6 is 11.6 Å². The number of hydrogen-bond acceptors (Lipinski definition) is 3. The minimum atomic E-state index is -3.51. The average Bonchev–Trinajstić information content (AvgIpc) is 2.81. The molecule has 1 heterocycles. The van der Waals surface area contributed by atoms with Crippen molar-refractivity contribution in [3.8, 4) is 0 Å². The molecule has 1 aliphatic heterocycles. The Kier molecular flexibility index (Phi) is 4.84. The number of hydrogen-bond donors (Lipinski definition) is 2. The molecule has 1 fully saturated rings. The standard InChI is InChI=1S/C13H19ClN2O2S/c1-10-4-5-13(12(14)9-10)19(17,18)16-8-6-11-3-2-7-15-11/h4-5,9,11,15-16H,2-3,6-8H2,1H3/t11-/m0/s1.